The van der Waals surface area contributed by atoms with Gasteiger partial charge in [-0.25, -0.2) is 0 Å². The summed E-state index contributed by atoms with van der Waals surface area (Å²) in [4.78, 5) is 12.5. The second kappa shape index (κ2) is 6.18. The van der Waals surface area contributed by atoms with Crippen LogP contribution in [-0.2, 0) is 10.2 Å². The molecule has 1 aromatic rings. The molecule has 1 saturated carbocycles. The predicted molar refractivity (Wildman–Crippen MR) is 85.1 cm³/mol. The van der Waals surface area contributed by atoms with E-state index in [-0.39, 0.29) is 5.91 Å². The SMILES string of the molecule is CC1CCC(O)(CNC(=O)C(C)(C)c2ccccc2)CC1. The summed E-state index contributed by atoms with van der Waals surface area (Å²) in [5.41, 5.74) is -0.319. The summed E-state index contributed by atoms with van der Waals surface area (Å²) in [5.74, 6) is 0.655. The minimum Gasteiger partial charge on any atom is -0.388 e. The maximum Gasteiger partial charge on any atom is 0.230 e. The monoisotopic (exact) mass is 289 g/mol. The van der Waals surface area contributed by atoms with E-state index in [4.69, 9.17) is 0 Å². The van der Waals surface area contributed by atoms with Gasteiger partial charge in [-0.05, 0) is 51.0 Å². The number of amides is 1. The topological polar surface area (TPSA) is 49.3 Å². The van der Waals surface area contributed by atoms with Crippen molar-refractivity contribution in [3.63, 3.8) is 0 Å². The number of hydrogen-bond donors (Lipinski definition) is 2. The zero-order valence-corrected chi connectivity index (χ0v) is 13.4. The second-order valence-corrected chi connectivity index (χ2v) is 7.08. The van der Waals surface area contributed by atoms with E-state index in [0.717, 1.165) is 31.2 Å². The average molecular weight is 289 g/mol. The molecule has 2 N–H and O–H groups in total. The van der Waals surface area contributed by atoms with E-state index in [1.54, 1.807) is 0 Å². The first kappa shape index (κ1) is 16.0. The molecule has 3 nitrogen and oxygen atoms in total. The molecule has 0 unspecified atom stereocenters. The van der Waals surface area contributed by atoms with Crippen LogP contribution < -0.4 is 5.32 Å². The molecule has 1 amide bonds. The van der Waals surface area contributed by atoms with Gasteiger partial charge >= 0.3 is 0 Å². The Morgan fingerprint density at radius 2 is 1.86 bits per heavy atom. The van der Waals surface area contributed by atoms with Crippen LogP contribution in [0.3, 0.4) is 0 Å². The molecule has 116 valence electrons. The van der Waals surface area contributed by atoms with Crippen LogP contribution in [0.15, 0.2) is 30.3 Å². The van der Waals surface area contributed by atoms with Crippen LogP contribution in [0.5, 0.6) is 0 Å². The number of aliphatic hydroxyl groups is 1. The van der Waals surface area contributed by atoms with Crippen molar-refractivity contribution in [3.8, 4) is 0 Å². The van der Waals surface area contributed by atoms with Gasteiger partial charge in [-0.15, -0.1) is 0 Å². The third-order valence-corrected chi connectivity index (χ3v) is 4.85. The lowest BCUT2D eigenvalue weighted by Gasteiger charge is -2.36. The largest absolute Gasteiger partial charge is 0.388 e. The zero-order valence-electron chi connectivity index (χ0n) is 13.4. The maximum atomic E-state index is 12.5. The van der Waals surface area contributed by atoms with Gasteiger partial charge in [0.25, 0.3) is 0 Å². The van der Waals surface area contributed by atoms with E-state index in [9.17, 15) is 9.90 Å². The predicted octanol–water partition coefficient (Wildman–Crippen LogP) is 3.02. The highest BCUT2D eigenvalue weighted by molar-refractivity contribution is 5.87. The van der Waals surface area contributed by atoms with Crippen molar-refractivity contribution >= 4 is 5.91 Å². The molecule has 0 bridgehead atoms. The number of hydrogen-bond acceptors (Lipinski definition) is 2. The number of carbonyl (C=O) groups excluding carboxylic acids is 1. The summed E-state index contributed by atoms with van der Waals surface area (Å²) >= 11 is 0. The second-order valence-electron chi connectivity index (χ2n) is 7.08. The molecule has 1 aromatic carbocycles. The quantitative estimate of drug-likeness (QED) is 0.895. The first-order valence-electron chi connectivity index (χ1n) is 7.90. The van der Waals surface area contributed by atoms with Gasteiger partial charge in [-0.3, -0.25) is 4.79 Å². The van der Waals surface area contributed by atoms with Gasteiger partial charge < -0.3 is 10.4 Å². The summed E-state index contributed by atoms with van der Waals surface area (Å²) < 4.78 is 0. The van der Waals surface area contributed by atoms with Gasteiger partial charge in [-0.1, -0.05) is 37.3 Å². The van der Waals surface area contributed by atoms with Crippen LogP contribution in [0.4, 0.5) is 0 Å². The molecule has 0 atom stereocenters. The summed E-state index contributed by atoms with van der Waals surface area (Å²) in [6.45, 7) is 6.42. The van der Waals surface area contributed by atoms with Crippen LogP contribution in [0, 0.1) is 5.92 Å². The van der Waals surface area contributed by atoms with Crippen molar-refractivity contribution in [1.29, 1.82) is 0 Å². The lowest BCUT2D eigenvalue weighted by atomic mass is 9.79. The first-order valence-corrected chi connectivity index (χ1v) is 7.90. The van der Waals surface area contributed by atoms with Crippen LogP contribution in [0.1, 0.15) is 52.0 Å². The van der Waals surface area contributed by atoms with Crippen molar-refractivity contribution < 1.29 is 9.90 Å². The van der Waals surface area contributed by atoms with Crippen LogP contribution in [0.2, 0.25) is 0 Å². The highest BCUT2D eigenvalue weighted by Gasteiger charge is 2.35. The first-order chi connectivity index (χ1) is 9.83. The minimum absolute atomic E-state index is 0.0271. The van der Waals surface area contributed by atoms with Gasteiger partial charge in [0.05, 0.1) is 11.0 Å². The van der Waals surface area contributed by atoms with Gasteiger partial charge in [0.15, 0.2) is 0 Å². The molecule has 2 rings (SSSR count). The number of nitrogens with one attached hydrogen (secondary N) is 1. The zero-order chi connectivity index (χ0) is 15.5. The molecule has 0 saturated heterocycles. The minimum atomic E-state index is -0.727. The standard InChI is InChI=1S/C18H27NO2/c1-14-9-11-18(21,12-10-14)13-19-16(20)17(2,3)15-7-5-4-6-8-15/h4-8,14,21H,9-13H2,1-3H3,(H,19,20). The normalized spacial score (nSPS) is 26.4. The lowest BCUT2D eigenvalue weighted by molar-refractivity contribution is -0.127. The molecule has 3 heteroatoms. The molecular formula is C18H27NO2. The third-order valence-electron chi connectivity index (χ3n) is 4.85. The van der Waals surface area contributed by atoms with Crippen molar-refractivity contribution in [3.05, 3.63) is 35.9 Å². The van der Waals surface area contributed by atoms with Gasteiger partial charge in [-0.2, -0.15) is 0 Å². The van der Waals surface area contributed by atoms with Crippen molar-refractivity contribution in [2.45, 2.75) is 57.5 Å². The highest BCUT2D eigenvalue weighted by Crippen LogP contribution is 2.31. The fourth-order valence-corrected chi connectivity index (χ4v) is 2.93. The summed E-state index contributed by atoms with van der Waals surface area (Å²) in [6, 6.07) is 9.78. The molecule has 0 heterocycles. The Kier molecular flexibility index (Phi) is 4.72. The number of benzene rings is 1. The van der Waals surface area contributed by atoms with Crippen LogP contribution in [0.25, 0.3) is 0 Å². The Morgan fingerprint density at radius 3 is 2.43 bits per heavy atom. The maximum absolute atomic E-state index is 12.5. The lowest BCUT2D eigenvalue weighted by Crippen LogP contribution is -2.49. The fraction of sp³-hybridized carbons (Fsp3) is 0.611. The molecule has 0 radical (unpaired) electrons. The average Bonchev–Trinajstić information content (AvgIpc) is 2.49. The number of rotatable bonds is 4. The molecule has 0 aliphatic heterocycles. The van der Waals surface area contributed by atoms with Gasteiger partial charge in [0.2, 0.25) is 5.91 Å². The highest BCUT2D eigenvalue weighted by atomic mass is 16.3. The molecule has 21 heavy (non-hydrogen) atoms. The van der Waals surface area contributed by atoms with E-state index in [1.165, 1.54) is 0 Å². The smallest absolute Gasteiger partial charge is 0.230 e. The number of carbonyl (C=O) groups is 1. The molecule has 1 aliphatic rings. The Balaban J connectivity index is 1.95. The van der Waals surface area contributed by atoms with Crippen molar-refractivity contribution in [1.82, 2.24) is 5.32 Å². The van der Waals surface area contributed by atoms with E-state index in [1.807, 2.05) is 44.2 Å². The molecule has 1 aliphatic carbocycles. The molecule has 0 spiro atoms. The fourth-order valence-electron chi connectivity index (χ4n) is 2.93. The van der Waals surface area contributed by atoms with Crippen LogP contribution >= 0.6 is 0 Å². The van der Waals surface area contributed by atoms with Crippen molar-refractivity contribution in [2.75, 3.05) is 6.54 Å². The summed E-state index contributed by atoms with van der Waals surface area (Å²) in [7, 11) is 0. The van der Waals surface area contributed by atoms with Crippen molar-refractivity contribution in [2.24, 2.45) is 5.92 Å². The van der Waals surface area contributed by atoms with Gasteiger partial charge in [0.1, 0.15) is 0 Å². The Bertz CT molecular complexity index is 473. The third kappa shape index (κ3) is 3.85. The summed E-state index contributed by atoms with van der Waals surface area (Å²) in [6.07, 6.45) is 3.63. The van der Waals surface area contributed by atoms with Crippen LogP contribution in [-0.4, -0.2) is 23.2 Å². The Labute approximate surface area is 127 Å². The molecule has 0 aromatic heterocycles. The Morgan fingerprint density at radius 1 is 1.29 bits per heavy atom. The van der Waals surface area contributed by atoms with E-state index < -0.39 is 11.0 Å². The van der Waals surface area contributed by atoms with Gasteiger partial charge in [0, 0.05) is 6.54 Å². The van der Waals surface area contributed by atoms with E-state index in [2.05, 4.69) is 12.2 Å². The van der Waals surface area contributed by atoms with E-state index in [0.29, 0.717) is 12.5 Å². The molecular weight excluding hydrogens is 262 g/mol. The molecule has 1 fully saturated rings. The Hall–Kier alpha value is -1.35. The summed E-state index contributed by atoms with van der Waals surface area (Å²) in [5, 5.41) is 13.5. The van der Waals surface area contributed by atoms with E-state index >= 15 is 0 Å².